The van der Waals surface area contributed by atoms with E-state index in [1.54, 1.807) is 18.9 Å². The number of carbonyl (C=O) groups excluding carboxylic acids is 2. The van der Waals surface area contributed by atoms with Gasteiger partial charge in [0.1, 0.15) is 5.75 Å². The molecule has 33 heavy (non-hydrogen) atoms. The number of imidazole rings is 1. The van der Waals surface area contributed by atoms with Crippen LogP contribution in [0.25, 0.3) is 11.0 Å². The monoisotopic (exact) mass is 451 g/mol. The summed E-state index contributed by atoms with van der Waals surface area (Å²) in [7, 11) is 1.62. The Bertz CT molecular complexity index is 1140. The molecule has 0 bridgehead atoms. The molecule has 0 aliphatic carbocycles. The molecule has 2 heterocycles. The molecule has 1 amide bonds. The average molecular weight is 452 g/mol. The van der Waals surface area contributed by atoms with Crippen LogP contribution in [-0.2, 0) is 19.1 Å². The molecule has 0 unspecified atom stereocenters. The smallest absolute Gasteiger partial charge is 0.321 e. The Morgan fingerprint density at radius 2 is 1.91 bits per heavy atom. The molecule has 2 atom stereocenters. The topological polar surface area (TPSA) is 82.9 Å². The van der Waals surface area contributed by atoms with E-state index >= 15 is 0 Å². The molecule has 0 saturated heterocycles. The van der Waals surface area contributed by atoms with Crippen molar-refractivity contribution in [3.63, 3.8) is 0 Å². The van der Waals surface area contributed by atoms with E-state index < -0.39 is 17.9 Å². The fourth-order valence-electron chi connectivity index (χ4n) is 4.38. The number of anilines is 1. The first-order chi connectivity index (χ1) is 16.1. The normalized spacial score (nSPS) is 17.8. The average Bonchev–Trinajstić information content (AvgIpc) is 3.19. The number of aromatic nitrogens is 2. The van der Waals surface area contributed by atoms with Crippen LogP contribution < -0.4 is 9.64 Å². The van der Waals surface area contributed by atoms with E-state index in [0.717, 1.165) is 16.6 Å². The second-order valence-electron chi connectivity index (χ2n) is 7.79. The van der Waals surface area contributed by atoms with Gasteiger partial charge in [-0.1, -0.05) is 24.3 Å². The molecule has 4 rings (SSSR count). The number of esters is 1. The molecular weight excluding hydrogens is 422 g/mol. The molecule has 0 N–H and O–H groups in total. The predicted molar refractivity (Wildman–Crippen MR) is 124 cm³/mol. The first-order valence-electron chi connectivity index (χ1n) is 11.3. The van der Waals surface area contributed by atoms with Crippen LogP contribution >= 0.6 is 0 Å². The molecule has 0 spiro atoms. The van der Waals surface area contributed by atoms with Crippen LogP contribution in [-0.4, -0.2) is 54.9 Å². The van der Waals surface area contributed by atoms with Gasteiger partial charge in [-0.05, 0) is 50.1 Å². The first-order valence-corrected chi connectivity index (χ1v) is 11.3. The zero-order valence-electron chi connectivity index (χ0n) is 19.2. The summed E-state index contributed by atoms with van der Waals surface area (Å²) in [4.78, 5) is 33.3. The maximum absolute atomic E-state index is 13.8. The van der Waals surface area contributed by atoms with E-state index in [-0.39, 0.29) is 12.5 Å². The minimum atomic E-state index is -1.05. The van der Waals surface area contributed by atoms with Gasteiger partial charge in [0, 0.05) is 20.3 Å². The molecule has 1 aliphatic rings. The Morgan fingerprint density at radius 3 is 2.67 bits per heavy atom. The number of hydrogen-bond donors (Lipinski definition) is 0. The summed E-state index contributed by atoms with van der Waals surface area (Å²) in [5, 5.41) is 0. The highest BCUT2D eigenvalue weighted by molar-refractivity contribution is 6.08. The van der Waals surface area contributed by atoms with Crippen LogP contribution in [0.3, 0.4) is 0 Å². The van der Waals surface area contributed by atoms with Crippen LogP contribution in [0.15, 0.2) is 48.5 Å². The number of hydrogen-bond acceptors (Lipinski definition) is 6. The highest BCUT2D eigenvalue weighted by Crippen LogP contribution is 2.42. The Kier molecular flexibility index (Phi) is 6.93. The lowest BCUT2D eigenvalue weighted by Gasteiger charge is -2.38. The molecule has 2 aromatic carbocycles. The quantitative estimate of drug-likeness (QED) is 0.281. The molecular formula is C25H29N3O5. The SMILES string of the molecule is CCOC(=O)[C@@H]1C(=O)N(CCCOC)c2nc3ccccc3n2[C@@H]1c1cccc(OCC)c1. The summed E-state index contributed by atoms with van der Waals surface area (Å²) in [6.45, 7) is 5.24. The molecule has 0 fully saturated rings. The van der Waals surface area contributed by atoms with Crippen LogP contribution in [0.4, 0.5) is 5.95 Å². The van der Waals surface area contributed by atoms with Gasteiger partial charge in [-0.15, -0.1) is 0 Å². The number of benzene rings is 2. The lowest BCUT2D eigenvalue weighted by atomic mass is 9.89. The number of nitrogens with zero attached hydrogens (tertiary/aromatic N) is 3. The van der Waals surface area contributed by atoms with Crippen LogP contribution in [0, 0.1) is 5.92 Å². The van der Waals surface area contributed by atoms with E-state index in [9.17, 15) is 9.59 Å². The summed E-state index contributed by atoms with van der Waals surface area (Å²) >= 11 is 0. The molecule has 1 aliphatic heterocycles. The molecule has 8 heteroatoms. The molecule has 0 radical (unpaired) electrons. The molecule has 1 aromatic heterocycles. The molecule has 8 nitrogen and oxygen atoms in total. The zero-order chi connectivity index (χ0) is 23.4. The van der Waals surface area contributed by atoms with Crippen LogP contribution in [0.1, 0.15) is 31.9 Å². The number of ether oxygens (including phenoxy) is 3. The van der Waals surface area contributed by atoms with Crippen LogP contribution in [0.2, 0.25) is 0 Å². The predicted octanol–water partition coefficient (Wildman–Crippen LogP) is 3.59. The summed E-state index contributed by atoms with van der Waals surface area (Å²) in [5.74, 6) is -0.716. The van der Waals surface area contributed by atoms with Gasteiger partial charge in [0.25, 0.3) is 0 Å². The van der Waals surface area contributed by atoms with Crippen molar-refractivity contribution in [1.82, 2.24) is 9.55 Å². The third kappa shape index (κ3) is 4.30. The van der Waals surface area contributed by atoms with Gasteiger partial charge in [-0.25, -0.2) is 4.98 Å². The number of rotatable bonds is 9. The van der Waals surface area contributed by atoms with E-state index in [4.69, 9.17) is 19.2 Å². The standard InChI is InChI=1S/C25H29N3O5/c1-4-32-18-11-8-10-17(16-18)22-21(24(30)33-5-2)23(29)27(14-9-15-31-3)25-26-19-12-6-7-13-20(19)28(22)25/h6-8,10-13,16,21-22H,4-5,9,14-15H2,1-3H3/t21-,22+/m0/s1. The summed E-state index contributed by atoms with van der Waals surface area (Å²) < 4.78 is 18.2. The minimum Gasteiger partial charge on any atom is -0.494 e. The molecule has 174 valence electrons. The second-order valence-corrected chi connectivity index (χ2v) is 7.79. The number of fused-ring (bicyclic) bond motifs is 3. The highest BCUT2D eigenvalue weighted by Gasteiger charge is 2.47. The summed E-state index contributed by atoms with van der Waals surface area (Å²) in [5.41, 5.74) is 2.39. The Morgan fingerprint density at radius 1 is 1.09 bits per heavy atom. The lowest BCUT2D eigenvalue weighted by Crippen LogP contribution is -2.50. The number of amides is 1. The van der Waals surface area contributed by atoms with Crippen LogP contribution in [0.5, 0.6) is 5.75 Å². The number of para-hydroxylation sites is 2. The summed E-state index contributed by atoms with van der Waals surface area (Å²) in [6.07, 6.45) is 0.617. The Labute approximate surface area is 193 Å². The van der Waals surface area contributed by atoms with Gasteiger partial charge < -0.3 is 18.8 Å². The number of methoxy groups -OCH3 is 1. The number of carbonyl (C=O) groups is 2. The van der Waals surface area contributed by atoms with Crippen molar-refractivity contribution >= 4 is 28.9 Å². The van der Waals surface area contributed by atoms with Gasteiger partial charge in [0.15, 0.2) is 5.92 Å². The van der Waals surface area contributed by atoms with Crippen molar-refractivity contribution in [2.45, 2.75) is 26.3 Å². The van der Waals surface area contributed by atoms with E-state index in [0.29, 0.717) is 37.9 Å². The largest absolute Gasteiger partial charge is 0.494 e. The third-order valence-corrected chi connectivity index (χ3v) is 5.73. The zero-order valence-corrected chi connectivity index (χ0v) is 19.2. The minimum absolute atomic E-state index is 0.190. The fraction of sp³-hybridized carbons (Fsp3) is 0.400. The second kappa shape index (κ2) is 10.0. The molecule has 3 aromatic rings. The van der Waals surface area contributed by atoms with Crippen molar-refractivity contribution in [3.8, 4) is 5.75 Å². The van der Waals surface area contributed by atoms with Gasteiger partial charge in [0.2, 0.25) is 11.9 Å². The van der Waals surface area contributed by atoms with E-state index in [2.05, 4.69) is 0 Å². The van der Waals surface area contributed by atoms with Crippen molar-refractivity contribution in [2.75, 3.05) is 38.4 Å². The van der Waals surface area contributed by atoms with Gasteiger partial charge >= 0.3 is 5.97 Å². The van der Waals surface area contributed by atoms with Crippen molar-refractivity contribution in [2.24, 2.45) is 5.92 Å². The van der Waals surface area contributed by atoms with Crippen molar-refractivity contribution in [3.05, 3.63) is 54.1 Å². The van der Waals surface area contributed by atoms with E-state index in [1.165, 1.54) is 0 Å². The molecule has 0 saturated carbocycles. The maximum atomic E-state index is 13.8. The Hall–Kier alpha value is -3.39. The Balaban J connectivity index is 1.93. The van der Waals surface area contributed by atoms with E-state index in [1.807, 2.05) is 60.0 Å². The van der Waals surface area contributed by atoms with Gasteiger partial charge in [-0.2, -0.15) is 0 Å². The summed E-state index contributed by atoms with van der Waals surface area (Å²) in [6, 6.07) is 14.6. The fourth-order valence-corrected chi connectivity index (χ4v) is 4.38. The maximum Gasteiger partial charge on any atom is 0.321 e. The van der Waals surface area contributed by atoms with Gasteiger partial charge in [0.05, 0.1) is 30.3 Å². The first kappa shape index (κ1) is 22.8. The van der Waals surface area contributed by atoms with Gasteiger partial charge in [-0.3, -0.25) is 14.5 Å². The van der Waals surface area contributed by atoms with Crippen molar-refractivity contribution in [1.29, 1.82) is 0 Å². The third-order valence-electron chi connectivity index (χ3n) is 5.73. The lowest BCUT2D eigenvalue weighted by molar-refractivity contribution is -0.153. The van der Waals surface area contributed by atoms with Crippen molar-refractivity contribution < 1.29 is 23.8 Å². The highest BCUT2D eigenvalue weighted by atomic mass is 16.5.